The third-order valence-electron chi connectivity index (χ3n) is 4.67. The summed E-state index contributed by atoms with van der Waals surface area (Å²) in [5.41, 5.74) is 13.2. The molecule has 0 bridgehead atoms. The van der Waals surface area contributed by atoms with E-state index in [1.165, 1.54) is 39.5 Å². The van der Waals surface area contributed by atoms with Crippen molar-refractivity contribution in [3.63, 3.8) is 0 Å². The molecule has 3 heterocycles. The van der Waals surface area contributed by atoms with Gasteiger partial charge in [0, 0.05) is 29.9 Å². The van der Waals surface area contributed by atoms with Crippen LogP contribution in [0.5, 0.6) is 0 Å². The molecular formula is C20H21N5O2S3. The van der Waals surface area contributed by atoms with Crippen LogP contribution in [0.1, 0.15) is 16.0 Å². The minimum atomic E-state index is -0.419. The normalized spacial score (nSPS) is 14.0. The number of nitrogens with two attached hydrogens (primary N) is 2. The van der Waals surface area contributed by atoms with Crippen LogP contribution in [0.3, 0.4) is 0 Å². The van der Waals surface area contributed by atoms with Crippen LogP contribution >= 0.6 is 34.9 Å². The topological polar surface area (TPSA) is 115 Å². The van der Waals surface area contributed by atoms with Gasteiger partial charge >= 0.3 is 0 Å². The molecule has 4 rings (SSSR count). The van der Waals surface area contributed by atoms with E-state index >= 15 is 0 Å². The van der Waals surface area contributed by atoms with E-state index in [1.807, 2.05) is 6.07 Å². The number of hydrogen-bond donors (Lipinski definition) is 2. The van der Waals surface area contributed by atoms with E-state index in [1.54, 1.807) is 11.3 Å². The molecule has 0 atom stereocenters. The lowest BCUT2D eigenvalue weighted by molar-refractivity contribution is -0.116. The largest absolute Gasteiger partial charge is 0.369 e. The fourth-order valence-corrected chi connectivity index (χ4v) is 6.24. The Bertz CT molecular complexity index is 1090. The molecule has 7 nitrogen and oxygen atoms in total. The zero-order valence-corrected chi connectivity index (χ0v) is 18.6. The maximum absolute atomic E-state index is 11.3. The second kappa shape index (κ2) is 9.34. The van der Waals surface area contributed by atoms with Crippen LogP contribution in [0.15, 0.2) is 40.5 Å². The van der Waals surface area contributed by atoms with Crippen molar-refractivity contribution in [3.8, 4) is 0 Å². The molecule has 0 unspecified atom stereocenters. The van der Waals surface area contributed by atoms with Crippen LogP contribution in [0.4, 0.5) is 0 Å². The van der Waals surface area contributed by atoms with Crippen LogP contribution in [0.25, 0.3) is 10.2 Å². The molecule has 1 aromatic carbocycles. The first-order valence-electron chi connectivity index (χ1n) is 9.40. The number of rotatable bonds is 8. The molecule has 0 spiro atoms. The Balaban J connectivity index is 1.64. The third kappa shape index (κ3) is 4.94. The van der Waals surface area contributed by atoms with Crippen LogP contribution < -0.4 is 11.5 Å². The number of thioether (sulfide) groups is 2. The van der Waals surface area contributed by atoms with Gasteiger partial charge in [-0.15, -0.1) is 11.3 Å². The lowest BCUT2D eigenvalue weighted by Crippen LogP contribution is -2.29. The summed E-state index contributed by atoms with van der Waals surface area (Å²) in [6, 6.07) is 10.4. The first-order valence-corrected chi connectivity index (χ1v) is 12.2. The summed E-state index contributed by atoms with van der Waals surface area (Å²) >= 11 is 4.19. The lowest BCUT2D eigenvalue weighted by atomic mass is 10.0. The summed E-state index contributed by atoms with van der Waals surface area (Å²) in [5, 5.41) is 2.26. The maximum Gasteiger partial charge on any atom is 0.227 e. The van der Waals surface area contributed by atoms with Crippen molar-refractivity contribution in [2.75, 3.05) is 18.1 Å². The minimum absolute atomic E-state index is 0.112. The quantitative estimate of drug-likeness (QED) is 0.302. The number of carbonyl (C=O) groups excluding carboxylic acids is 2. The summed E-state index contributed by atoms with van der Waals surface area (Å²) < 4.78 is 0. The molecule has 2 amide bonds. The van der Waals surface area contributed by atoms with E-state index in [4.69, 9.17) is 11.5 Å². The molecular weight excluding hydrogens is 438 g/mol. The maximum atomic E-state index is 11.3. The standard InChI is InChI=1S/C20H21N5O2S3/c21-15(26)10-28-18-17-13-6-7-25(8-12-4-2-1-3-5-12)9-14(13)30-19(17)24-20(23-18)29-11-16(22)27/h1-5H,6-11H2,(H2,21,26)(H2,22,27). The van der Waals surface area contributed by atoms with Crippen molar-refractivity contribution in [1.82, 2.24) is 14.9 Å². The minimum Gasteiger partial charge on any atom is -0.369 e. The number of fused-ring (bicyclic) bond motifs is 3. The SMILES string of the molecule is NC(=O)CSc1nc(SCC(N)=O)c2c3c(sc2n1)CN(Cc1ccccc1)CC3. The Morgan fingerprint density at radius 3 is 2.53 bits per heavy atom. The van der Waals surface area contributed by atoms with Crippen LogP contribution in [0, 0.1) is 0 Å². The molecule has 2 aromatic heterocycles. The second-order valence-electron chi connectivity index (χ2n) is 6.95. The summed E-state index contributed by atoms with van der Waals surface area (Å²) in [4.78, 5) is 36.4. The zero-order chi connectivity index (χ0) is 21.1. The molecule has 1 aliphatic rings. The summed E-state index contributed by atoms with van der Waals surface area (Å²) in [6.07, 6.45) is 0.906. The number of hydrogen-bond acceptors (Lipinski definition) is 8. The first kappa shape index (κ1) is 21.1. The van der Waals surface area contributed by atoms with Gasteiger partial charge in [0.05, 0.1) is 11.5 Å². The highest BCUT2D eigenvalue weighted by Gasteiger charge is 2.25. The van der Waals surface area contributed by atoms with Crippen molar-refractivity contribution in [1.29, 1.82) is 0 Å². The van der Waals surface area contributed by atoms with E-state index in [0.29, 0.717) is 5.16 Å². The second-order valence-corrected chi connectivity index (χ2v) is 9.94. The van der Waals surface area contributed by atoms with E-state index in [-0.39, 0.29) is 11.5 Å². The third-order valence-corrected chi connectivity index (χ3v) is 7.65. The van der Waals surface area contributed by atoms with Crippen LogP contribution in [-0.4, -0.2) is 44.7 Å². The first-order chi connectivity index (χ1) is 14.5. The molecule has 4 N–H and O–H groups in total. The summed E-state index contributed by atoms with van der Waals surface area (Å²) in [5.74, 6) is -0.550. The lowest BCUT2D eigenvalue weighted by Gasteiger charge is -2.27. The average Bonchev–Trinajstić information content (AvgIpc) is 3.08. The summed E-state index contributed by atoms with van der Waals surface area (Å²) in [6.45, 7) is 2.71. The van der Waals surface area contributed by atoms with Crippen molar-refractivity contribution >= 4 is 56.9 Å². The van der Waals surface area contributed by atoms with Crippen LogP contribution in [-0.2, 0) is 29.1 Å². The molecule has 3 aromatic rings. The number of nitrogens with zero attached hydrogens (tertiary/aromatic N) is 3. The predicted molar refractivity (Wildman–Crippen MR) is 122 cm³/mol. The van der Waals surface area contributed by atoms with Crippen LogP contribution in [0.2, 0.25) is 0 Å². The number of benzene rings is 1. The summed E-state index contributed by atoms with van der Waals surface area (Å²) in [7, 11) is 0. The smallest absolute Gasteiger partial charge is 0.227 e. The van der Waals surface area contributed by atoms with Gasteiger partial charge in [-0.2, -0.15) is 0 Å². The van der Waals surface area contributed by atoms with E-state index in [0.717, 1.165) is 41.3 Å². The van der Waals surface area contributed by atoms with Gasteiger partial charge in [-0.1, -0.05) is 53.9 Å². The van der Waals surface area contributed by atoms with Gasteiger partial charge in [0.25, 0.3) is 0 Å². The van der Waals surface area contributed by atoms with Crippen molar-refractivity contribution in [2.45, 2.75) is 29.7 Å². The molecule has 0 saturated carbocycles. The highest BCUT2D eigenvalue weighted by atomic mass is 32.2. The molecule has 0 fully saturated rings. The van der Waals surface area contributed by atoms with Gasteiger partial charge in [0.1, 0.15) is 9.86 Å². The fourth-order valence-electron chi connectivity index (χ4n) is 3.42. The predicted octanol–water partition coefficient (Wildman–Crippen LogP) is 2.40. The van der Waals surface area contributed by atoms with Crippen molar-refractivity contribution < 1.29 is 9.59 Å². The number of amides is 2. The highest BCUT2D eigenvalue weighted by Crippen LogP contribution is 2.40. The Morgan fingerprint density at radius 1 is 1.07 bits per heavy atom. The van der Waals surface area contributed by atoms with Gasteiger partial charge in [0.15, 0.2) is 5.16 Å². The van der Waals surface area contributed by atoms with E-state index < -0.39 is 11.8 Å². The molecule has 0 aliphatic carbocycles. The molecule has 156 valence electrons. The van der Waals surface area contributed by atoms with Crippen molar-refractivity contribution in [2.24, 2.45) is 11.5 Å². The Hall–Kier alpha value is -2.14. The Labute approximate surface area is 186 Å². The van der Waals surface area contributed by atoms with Gasteiger partial charge in [-0.3, -0.25) is 14.5 Å². The zero-order valence-electron chi connectivity index (χ0n) is 16.2. The van der Waals surface area contributed by atoms with E-state index in [2.05, 4.69) is 39.1 Å². The average molecular weight is 460 g/mol. The number of thiophene rings is 1. The Kier molecular flexibility index (Phi) is 6.57. The number of carbonyl (C=O) groups is 2. The van der Waals surface area contributed by atoms with Crippen molar-refractivity contribution in [3.05, 3.63) is 46.3 Å². The highest BCUT2D eigenvalue weighted by molar-refractivity contribution is 8.00. The monoisotopic (exact) mass is 459 g/mol. The van der Waals surface area contributed by atoms with Gasteiger partial charge in [-0.25, -0.2) is 9.97 Å². The Morgan fingerprint density at radius 2 is 1.80 bits per heavy atom. The molecule has 0 radical (unpaired) electrons. The number of primary amides is 2. The molecule has 10 heteroatoms. The fraction of sp³-hybridized carbons (Fsp3) is 0.300. The van der Waals surface area contributed by atoms with E-state index in [9.17, 15) is 9.59 Å². The van der Waals surface area contributed by atoms with Gasteiger partial charge < -0.3 is 11.5 Å². The van der Waals surface area contributed by atoms with Gasteiger partial charge in [0.2, 0.25) is 11.8 Å². The molecule has 30 heavy (non-hydrogen) atoms. The van der Waals surface area contributed by atoms with Gasteiger partial charge in [-0.05, 0) is 17.5 Å². The number of aromatic nitrogens is 2. The molecule has 0 saturated heterocycles. The molecule has 1 aliphatic heterocycles.